The highest BCUT2D eigenvalue weighted by molar-refractivity contribution is 5.59. The fraction of sp³-hybridized carbons (Fsp3) is 0.308. The van der Waals surface area contributed by atoms with Gasteiger partial charge in [-0.15, -0.1) is 0 Å². The van der Waals surface area contributed by atoms with E-state index >= 15 is 0 Å². The van der Waals surface area contributed by atoms with Gasteiger partial charge >= 0.3 is 0 Å². The lowest BCUT2D eigenvalue weighted by Gasteiger charge is -2.05. The Morgan fingerprint density at radius 2 is 1.93 bits per heavy atom. The minimum atomic E-state index is 0.732. The molecule has 0 saturated heterocycles. The largest absolute Gasteiger partial charge is 0.316 e. The van der Waals surface area contributed by atoms with Crippen molar-refractivity contribution in [2.75, 3.05) is 13.6 Å². The maximum atomic E-state index is 8.81. The van der Waals surface area contributed by atoms with E-state index in [1.807, 2.05) is 33.0 Å². The lowest BCUT2D eigenvalue weighted by molar-refractivity contribution is 0.922. The standard InChI is InChI=1S/C13H16N2/c1-10-7-12(9-14)8-11(2)13(10)5-4-6-15-3/h4-5,7-8,15H,6H2,1-3H3. The van der Waals surface area contributed by atoms with E-state index < -0.39 is 0 Å². The lowest BCUT2D eigenvalue weighted by Crippen LogP contribution is -2.03. The van der Waals surface area contributed by atoms with Crippen LogP contribution in [0.5, 0.6) is 0 Å². The highest BCUT2D eigenvalue weighted by Crippen LogP contribution is 2.17. The van der Waals surface area contributed by atoms with Gasteiger partial charge in [0.25, 0.3) is 0 Å². The molecule has 0 atom stereocenters. The third kappa shape index (κ3) is 2.93. The fourth-order valence-electron chi connectivity index (χ4n) is 1.60. The maximum absolute atomic E-state index is 8.81. The van der Waals surface area contributed by atoms with Gasteiger partial charge in [0, 0.05) is 6.54 Å². The maximum Gasteiger partial charge on any atom is 0.0991 e. The van der Waals surface area contributed by atoms with Crippen molar-refractivity contribution in [1.82, 2.24) is 5.32 Å². The summed E-state index contributed by atoms with van der Waals surface area (Å²) in [5.74, 6) is 0. The molecule has 0 unspecified atom stereocenters. The predicted octanol–water partition coefficient (Wildman–Crippen LogP) is 2.41. The van der Waals surface area contributed by atoms with Gasteiger partial charge in [-0.3, -0.25) is 0 Å². The first-order valence-electron chi connectivity index (χ1n) is 5.01. The van der Waals surface area contributed by atoms with Gasteiger partial charge in [-0.2, -0.15) is 5.26 Å². The molecule has 1 rings (SSSR count). The number of likely N-dealkylation sites (N-methyl/N-ethyl adjacent to an activating group) is 1. The number of hydrogen-bond donors (Lipinski definition) is 1. The molecule has 0 aliphatic rings. The Hall–Kier alpha value is -1.59. The molecule has 1 aromatic carbocycles. The second kappa shape index (κ2) is 5.33. The molecule has 0 bridgehead atoms. The first-order valence-corrected chi connectivity index (χ1v) is 5.01. The van der Waals surface area contributed by atoms with Crippen molar-refractivity contribution in [3.05, 3.63) is 40.5 Å². The van der Waals surface area contributed by atoms with Crippen LogP contribution in [0.25, 0.3) is 6.08 Å². The average Bonchev–Trinajstić information content (AvgIpc) is 2.22. The minimum absolute atomic E-state index is 0.732. The van der Waals surface area contributed by atoms with Crippen molar-refractivity contribution in [3.8, 4) is 6.07 Å². The van der Waals surface area contributed by atoms with Crippen LogP contribution in [-0.4, -0.2) is 13.6 Å². The molecule has 0 radical (unpaired) electrons. The summed E-state index contributed by atoms with van der Waals surface area (Å²) in [5.41, 5.74) is 4.25. The van der Waals surface area contributed by atoms with Crippen LogP contribution in [0.1, 0.15) is 22.3 Å². The Kier molecular flexibility index (Phi) is 4.08. The summed E-state index contributed by atoms with van der Waals surface area (Å²) in [6, 6.07) is 6.01. The molecule has 0 aromatic heterocycles. The molecule has 0 fully saturated rings. The zero-order chi connectivity index (χ0) is 11.3. The monoisotopic (exact) mass is 200 g/mol. The molecule has 1 N–H and O–H groups in total. The molecule has 0 aliphatic carbocycles. The van der Waals surface area contributed by atoms with E-state index in [0.29, 0.717) is 0 Å². The highest BCUT2D eigenvalue weighted by atomic mass is 14.8. The van der Waals surface area contributed by atoms with Crippen LogP contribution in [0, 0.1) is 25.2 Å². The van der Waals surface area contributed by atoms with Gasteiger partial charge in [-0.25, -0.2) is 0 Å². The van der Waals surface area contributed by atoms with Crippen LogP contribution in [0.4, 0.5) is 0 Å². The SMILES string of the molecule is CNCC=Cc1c(C)cc(C#N)cc1C. The van der Waals surface area contributed by atoms with Crippen LogP contribution in [0.3, 0.4) is 0 Å². The average molecular weight is 200 g/mol. The van der Waals surface area contributed by atoms with Gasteiger partial charge in [0.2, 0.25) is 0 Å². The smallest absolute Gasteiger partial charge is 0.0991 e. The zero-order valence-electron chi connectivity index (χ0n) is 9.46. The van der Waals surface area contributed by atoms with Crippen molar-refractivity contribution in [2.24, 2.45) is 0 Å². The Bertz CT molecular complexity index is 388. The van der Waals surface area contributed by atoms with Crippen molar-refractivity contribution in [3.63, 3.8) is 0 Å². The summed E-state index contributed by atoms with van der Waals surface area (Å²) in [6.45, 7) is 4.93. The predicted molar refractivity (Wildman–Crippen MR) is 63.6 cm³/mol. The van der Waals surface area contributed by atoms with Crippen LogP contribution in [-0.2, 0) is 0 Å². The van der Waals surface area contributed by atoms with Gasteiger partial charge in [0.05, 0.1) is 11.6 Å². The highest BCUT2D eigenvalue weighted by Gasteiger charge is 2.01. The van der Waals surface area contributed by atoms with Gasteiger partial charge in [0.15, 0.2) is 0 Å². The molecule has 0 amide bonds. The molecular formula is C13H16N2. The van der Waals surface area contributed by atoms with E-state index in [0.717, 1.165) is 23.2 Å². The summed E-state index contributed by atoms with van der Waals surface area (Å²) in [6.07, 6.45) is 4.18. The first kappa shape index (κ1) is 11.5. The van der Waals surface area contributed by atoms with E-state index in [2.05, 4.69) is 23.5 Å². The van der Waals surface area contributed by atoms with Crippen molar-refractivity contribution in [1.29, 1.82) is 5.26 Å². The quantitative estimate of drug-likeness (QED) is 0.813. The topological polar surface area (TPSA) is 35.8 Å². The molecule has 0 spiro atoms. The normalized spacial score (nSPS) is 10.5. The van der Waals surface area contributed by atoms with Gasteiger partial charge in [0.1, 0.15) is 0 Å². The number of aryl methyl sites for hydroxylation is 2. The lowest BCUT2D eigenvalue weighted by atomic mass is 9.99. The number of nitriles is 1. The van der Waals surface area contributed by atoms with Crippen LogP contribution in [0.15, 0.2) is 18.2 Å². The van der Waals surface area contributed by atoms with Gasteiger partial charge in [-0.1, -0.05) is 12.2 Å². The molecule has 0 heterocycles. The molecule has 15 heavy (non-hydrogen) atoms. The van der Waals surface area contributed by atoms with Crippen LogP contribution in [0.2, 0.25) is 0 Å². The third-order valence-corrected chi connectivity index (χ3v) is 2.33. The van der Waals surface area contributed by atoms with Gasteiger partial charge < -0.3 is 5.32 Å². The molecule has 2 nitrogen and oxygen atoms in total. The summed E-state index contributed by atoms with van der Waals surface area (Å²) < 4.78 is 0. The third-order valence-electron chi connectivity index (χ3n) is 2.33. The number of benzene rings is 1. The second-order valence-corrected chi connectivity index (χ2v) is 3.60. The van der Waals surface area contributed by atoms with E-state index in [9.17, 15) is 0 Å². The van der Waals surface area contributed by atoms with Gasteiger partial charge in [-0.05, 0) is 49.7 Å². The summed E-state index contributed by atoms with van der Waals surface area (Å²) >= 11 is 0. The van der Waals surface area contributed by atoms with Crippen molar-refractivity contribution < 1.29 is 0 Å². The molecular weight excluding hydrogens is 184 g/mol. The molecule has 1 aromatic rings. The van der Waals surface area contributed by atoms with Crippen LogP contribution >= 0.6 is 0 Å². The molecule has 0 saturated carbocycles. The van der Waals surface area contributed by atoms with Crippen molar-refractivity contribution in [2.45, 2.75) is 13.8 Å². The summed E-state index contributed by atoms with van der Waals surface area (Å²) in [5, 5.41) is 11.9. The molecule has 78 valence electrons. The Morgan fingerprint density at radius 1 is 1.33 bits per heavy atom. The van der Waals surface area contributed by atoms with Crippen molar-refractivity contribution >= 4 is 6.08 Å². The fourth-order valence-corrected chi connectivity index (χ4v) is 1.60. The summed E-state index contributed by atoms with van der Waals surface area (Å²) in [7, 11) is 1.92. The molecule has 2 heteroatoms. The van der Waals surface area contributed by atoms with E-state index in [-0.39, 0.29) is 0 Å². The second-order valence-electron chi connectivity index (χ2n) is 3.60. The Morgan fingerprint density at radius 3 is 2.40 bits per heavy atom. The van der Waals surface area contributed by atoms with E-state index in [4.69, 9.17) is 5.26 Å². The van der Waals surface area contributed by atoms with E-state index in [1.54, 1.807) is 0 Å². The van der Waals surface area contributed by atoms with E-state index in [1.165, 1.54) is 5.56 Å². The Labute approximate surface area is 91.2 Å². The zero-order valence-corrected chi connectivity index (χ0v) is 9.46. The minimum Gasteiger partial charge on any atom is -0.316 e. The number of nitrogens with zero attached hydrogens (tertiary/aromatic N) is 1. The number of hydrogen-bond acceptors (Lipinski definition) is 2. The van der Waals surface area contributed by atoms with Crippen LogP contribution < -0.4 is 5.32 Å². The molecule has 0 aliphatic heterocycles. The number of rotatable bonds is 3. The Balaban J connectivity index is 3.04. The number of nitrogens with one attached hydrogen (secondary N) is 1. The summed E-state index contributed by atoms with van der Waals surface area (Å²) in [4.78, 5) is 0. The first-order chi connectivity index (χ1) is 7.19.